The van der Waals surface area contributed by atoms with Crippen molar-refractivity contribution >= 4 is 5.91 Å². The molecule has 136 valence electrons. The Balaban J connectivity index is 2.13. The van der Waals surface area contributed by atoms with Crippen LogP contribution in [0.5, 0.6) is 0 Å². The number of aryl methyl sites for hydroxylation is 1. The van der Waals surface area contributed by atoms with Gasteiger partial charge in [-0.25, -0.2) is 0 Å². The van der Waals surface area contributed by atoms with Gasteiger partial charge in [0.25, 0.3) is 11.8 Å². The zero-order valence-corrected chi connectivity index (χ0v) is 15.8. The molecular weight excluding hydrogens is 314 g/mol. The van der Waals surface area contributed by atoms with Crippen LogP contribution in [0.4, 0.5) is 0 Å². The van der Waals surface area contributed by atoms with Crippen molar-refractivity contribution in [3.8, 4) is 11.5 Å². The number of carbonyl (C=O) groups excluding carboxylic acids is 1. The largest absolute Gasteiger partial charge is 0.336 e. The third-order valence-electron chi connectivity index (χ3n) is 4.41. The number of carbonyl (C=O) groups is 1. The van der Waals surface area contributed by atoms with E-state index in [9.17, 15) is 4.79 Å². The Hall–Kier alpha value is -2.17. The normalized spacial score (nSPS) is 12.2. The van der Waals surface area contributed by atoms with E-state index in [0.717, 1.165) is 44.2 Å². The first-order valence-corrected chi connectivity index (χ1v) is 9.28. The summed E-state index contributed by atoms with van der Waals surface area (Å²) in [6.45, 7) is 9.08. The average Bonchev–Trinajstić information content (AvgIpc) is 3.05. The minimum Gasteiger partial charge on any atom is -0.336 e. The van der Waals surface area contributed by atoms with Crippen LogP contribution in [0.2, 0.25) is 0 Å². The molecule has 0 aliphatic rings. The fraction of sp³-hybridized carbons (Fsp3) is 0.550. The third-order valence-corrected chi connectivity index (χ3v) is 4.41. The van der Waals surface area contributed by atoms with Crippen molar-refractivity contribution in [1.82, 2.24) is 15.0 Å². The molecule has 2 rings (SSSR count). The lowest BCUT2D eigenvalue weighted by atomic mass is 10.1. The van der Waals surface area contributed by atoms with Crippen LogP contribution in [0.15, 0.2) is 28.8 Å². The maximum Gasteiger partial charge on any atom is 0.257 e. The Morgan fingerprint density at radius 3 is 2.44 bits per heavy atom. The molecule has 0 bridgehead atoms. The van der Waals surface area contributed by atoms with Gasteiger partial charge in [-0.1, -0.05) is 38.3 Å². The van der Waals surface area contributed by atoms with E-state index in [2.05, 4.69) is 30.9 Å². The van der Waals surface area contributed by atoms with Crippen LogP contribution in [0.25, 0.3) is 11.5 Å². The van der Waals surface area contributed by atoms with E-state index in [-0.39, 0.29) is 11.9 Å². The van der Waals surface area contributed by atoms with E-state index in [1.165, 1.54) is 0 Å². The van der Waals surface area contributed by atoms with Crippen LogP contribution >= 0.6 is 0 Å². The van der Waals surface area contributed by atoms with Crippen LogP contribution < -0.4 is 0 Å². The van der Waals surface area contributed by atoms with Crippen molar-refractivity contribution in [2.75, 3.05) is 6.54 Å². The van der Waals surface area contributed by atoms with Crippen molar-refractivity contribution in [1.29, 1.82) is 0 Å². The first-order valence-electron chi connectivity index (χ1n) is 9.28. The first kappa shape index (κ1) is 19.2. The number of benzene rings is 1. The maximum atomic E-state index is 13.0. The number of hydrogen-bond acceptors (Lipinski definition) is 4. The zero-order valence-electron chi connectivity index (χ0n) is 15.8. The van der Waals surface area contributed by atoms with Gasteiger partial charge < -0.3 is 9.42 Å². The highest BCUT2D eigenvalue weighted by Gasteiger charge is 2.21. The number of aromatic nitrogens is 2. The minimum atomic E-state index is 0.102. The molecule has 1 amide bonds. The standard InChI is InChI=1S/C20H29N3O2/c1-5-7-8-14-23(15(3)9-6-2)20(24)18-12-10-17(11-13-18)19-21-16(4)22-25-19/h10-13,15H,5-9,14H2,1-4H3. The maximum absolute atomic E-state index is 13.0. The SMILES string of the molecule is CCCCCN(C(=O)c1ccc(-c2nc(C)no2)cc1)C(C)CCC. The van der Waals surface area contributed by atoms with E-state index in [0.29, 0.717) is 17.3 Å². The van der Waals surface area contributed by atoms with E-state index < -0.39 is 0 Å². The Morgan fingerprint density at radius 2 is 1.88 bits per heavy atom. The monoisotopic (exact) mass is 343 g/mol. The number of nitrogens with zero attached hydrogens (tertiary/aromatic N) is 3. The molecule has 0 radical (unpaired) electrons. The minimum absolute atomic E-state index is 0.102. The molecule has 0 N–H and O–H groups in total. The van der Waals surface area contributed by atoms with Crippen molar-refractivity contribution in [2.45, 2.75) is 65.8 Å². The van der Waals surface area contributed by atoms with Gasteiger partial charge in [0, 0.05) is 23.7 Å². The lowest BCUT2D eigenvalue weighted by Crippen LogP contribution is -2.39. The number of rotatable bonds is 9. The number of unbranched alkanes of at least 4 members (excludes halogenated alkanes) is 2. The molecular formula is C20H29N3O2. The Bertz CT molecular complexity index is 664. The molecule has 25 heavy (non-hydrogen) atoms. The summed E-state index contributed by atoms with van der Waals surface area (Å²) in [6.07, 6.45) is 5.46. The van der Waals surface area contributed by atoms with E-state index in [1.54, 1.807) is 6.92 Å². The second-order valence-electron chi connectivity index (χ2n) is 6.57. The summed E-state index contributed by atoms with van der Waals surface area (Å²) in [5.41, 5.74) is 1.54. The topological polar surface area (TPSA) is 59.2 Å². The van der Waals surface area contributed by atoms with Crippen LogP contribution in [0.3, 0.4) is 0 Å². The summed E-state index contributed by atoms with van der Waals surface area (Å²) in [5, 5.41) is 3.80. The summed E-state index contributed by atoms with van der Waals surface area (Å²) >= 11 is 0. The fourth-order valence-electron chi connectivity index (χ4n) is 2.96. The molecule has 5 nitrogen and oxygen atoms in total. The molecule has 0 spiro atoms. The van der Waals surface area contributed by atoms with Crippen LogP contribution in [-0.4, -0.2) is 33.5 Å². The zero-order chi connectivity index (χ0) is 18.2. The predicted molar refractivity (Wildman–Crippen MR) is 99.4 cm³/mol. The number of hydrogen-bond donors (Lipinski definition) is 0. The average molecular weight is 343 g/mol. The molecule has 2 aromatic rings. The summed E-state index contributed by atoms with van der Waals surface area (Å²) in [7, 11) is 0. The van der Waals surface area contributed by atoms with Gasteiger partial charge >= 0.3 is 0 Å². The van der Waals surface area contributed by atoms with Gasteiger partial charge in [-0.2, -0.15) is 4.98 Å². The molecule has 1 aromatic heterocycles. The summed E-state index contributed by atoms with van der Waals surface area (Å²) in [6, 6.07) is 7.70. The molecule has 0 aliphatic carbocycles. The van der Waals surface area contributed by atoms with Crippen LogP contribution in [-0.2, 0) is 0 Å². The predicted octanol–water partition coefficient (Wildman–Crippen LogP) is 4.87. The smallest absolute Gasteiger partial charge is 0.257 e. The molecule has 5 heteroatoms. The van der Waals surface area contributed by atoms with Gasteiger partial charge in [-0.15, -0.1) is 0 Å². The lowest BCUT2D eigenvalue weighted by Gasteiger charge is -2.29. The highest BCUT2D eigenvalue weighted by atomic mass is 16.5. The Labute approximate surface area is 150 Å². The molecule has 0 fully saturated rings. The quantitative estimate of drug-likeness (QED) is 0.610. The molecule has 1 unspecified atom stereocenters. The van der Waals surface area contributed by atoms with E-state index in [1.807, 2.05) is 29.2 Å². The third kappa shape index (κ3) is 5.15. The molecule has 1 aromatic carbocycles. The second kappa shape index (κ2) is 9.35. The molecule has 0 aliphatic heterocycles. The van der Waals surface area contributed by atoms with Crippen molar-refractivity contribution in [3.63, 3.8) is 0 Å². The molecule has 1 atom stereocenters. The molecule has 0 saturated carbocycles. The highest BCUT2D eigenvalue weighted by Crippen LogP contribution is 2.20. The van der Waals surface area contributed by atoms with Crippen molar-refractivity contribution in [2.24, 2.45) is 0 Å². The van der Waals surface area contributed by atoms with Crippen LogP contribution in [0.1, 0.15) is 69.1 Å². The summed E-state index contributed by atoms with van der Waals surface area (Å²) in [5.74, 6) is 1.19. The van der Waals surface area contributed by atoms with Crippen molar-refractivity contribution in [3.05, 3.63) is 35.7 Å². The lowest BCUT2D eigenvalue weighted by molar-refractivity contribution is 0.0679. The van der Waals surface area contributed by atoms with E-state index in [4.69, 9.17) is 4.52 Å². The Kier molecular flexibility index (Phi) is 7.16. The first-order chi connectivity index (χ1) is 12.1. The van der Waals surface area contributed by atoms with Crippen molar-refractivity contribution < 1.29 is 9.32 Å². The van der Waals surface area contributed by atoms with Gasteiger partial charge in [0.2, 0.25) is 0 Å². The summed E-state index contributed by atoms with van der Waals surface area (Å²) < 4.78 is 5.18. The van der Waals surface area contributed by atoms with Gasteiger partial charge in [0.1, 0.15) is 0 Å². The number of amides is 1. The van der Waals surface area contributed by atoms with Gasteiger partial charge in [-0.3, -0.25) is 4.79 Å². The van der Waals surface area contributed by atoms with Gasteiger partial charge in [0.15, 0.2) is 5.82 Å². The van der Waals surface area contributed by atoms with Gasteiger partial charge in [0.05, 0.1) is 0 Å². The Morgan fingerprint density at radius 1 is 1.16 bits per heavy atom. The molecule has 0 saturated heterocycles. The van der Waals surface area contributed by atoms with E-state index >= 15 is 0 Å². The second-order valence-corrected chi connectivity index (χ2v) is 6.57. The highest BCUT2D eigenvalue weighted by molar-refractivity contribution is 5.94. The van der Waals surface area contributed by atoms with Crippen LogP contribution in [0, 0.1) is 6.92 Å². The fourth-order valence-corrected chi connectivity index (χ4v) is 2.96. The van der Waals surface area contributed by atoms with Gasteiger partial charge in [-0.05, 0) is 51.0 Å². The summed E-state index contributed by atoms with van der Waals surface area (Å²) in [4.78, 5) is 19.2. The molecule has 1 heterocycles.